The number of carbonyl (C=O) groups excluding carboxylic acids is 2. The van der Waals surface area contributed by atoms with Gasteiger partial charge in [0.2, 0.25) is 11.8 Å². The molecule has 1 saturated carbocycles. The lowest BCUT2D eigenvalue weighted by Crippen LogP contribution is -2.52. The number of carbonyl (C=O) groups is 2. The molecule has 41 heavy (non-hydrogen) atoms. The van der Waals surface area contributed by atoms with Crippen molar-refractivity contribution in [2.75, 3.05) is 10.8 Å². The van der Waals surface area contributed by atoms with Crippen LogP contribution in [-0.2, 0) is 26.2 Å². The molecule has 2 amide bonds. The van der Waals surface area contributed by atoms with Crippen molar-refractivity contribution in [3.8, 4) is 0 Å². The van der Waals surface area contributed by atoms with Gasteiger partial charge in [0.1, 0.15) is 12.6 Å². The molecule has 3 aromatic rings. The van der Waals surface area contributed by atoms with Gasteiger partial charge in [-0.15, -0.1) is 0 Å². The second-order valence-corrected chi connectivity index (χ2v) is 13.8. The molecule has 0 aromatic heterocycles. The molecule has 3 aromatic carbocycles. The third-order valence-corrected chi connectivity index (χ3v) is 10.3. The van der Waals surface area contributed by atoms with Crippen LogP contribution in [0.3, 0.4) is 0 Å². The highest BCUT2D eigenvalue weighted by atomic mass is 79.9. The summed E-state index contributed by atoms with van der Waals surface area (Å²) in [4.78, 5) is 28.8. The van der Waals surface area contributed by atoms with Crippen LogP contribution in [0.2, 0.25) is 10.0 Å². The number of hydrogen-bond donors (Lipinski definition) is 1. The molecular weight excluding hydrogens is 649 g/mol. The minimum absolute atomic E-state index is 0.0477. The van der Waals surface area contributed by atoms with Crippen molar-refractivity contribution < 1.29 is 18.0 Å². The van der Waals surface area contributed by atoms with Crippen LogP contribution in [-0.4, -0.2) is 43.8 Å². The number of halogens is 3. The minimum atomic E-state index is -4.15. The summed E-state index contributed by atoms with van der Waals surface area (Å²) in [6.45, 7) is 2.88. The predicted molar refractivity (Wildman–Crippen MR) is 167 cm³/mol. The molecule has 0 aliphatic heterocycles. The summed E-state index contributed by atoms with van der Waals surface area (Å²) in [6, 6.07) is 17.2. The number of nitrogens with one attached hydrogen (secondary N) is 1. The first-order valence-electron chi connectivity index (χ1n) is 13.3. The van der Waals surface area contributed by atoms with Gasteiger partial charge in [-0.2, -0.15) is 0 Å². The van der Waals surface area contributed by atoms with Crippen LogP contribution in [0.25, 0.3) is 0 Å². The molecule has 1 N–H and O–H groups in total. The van der Waals surface area contributed by atoms with Gasteiger partial charge in [-0.3, -0.25) is 13.9 Å². The lowest BCUT2D eigenvalue weighted by atomic mass is 10.1. The zero-order chi connectivity index (χ0) is 29.7. The molecule has 218 valence electrons. The van der Waals surface area contributed by atoms with E-state index in [2.05, 4.69) is 21.2 Å². The molecule has 0 unspecified atom stereocenters. The van der Waals surface area contributed by atoms with E-state index in [1.165, 1.54) is 17.0 Å². The van der Waals surface area contributed by atoms with Crippen molar-refractivity contribution in [2.24, 2.45) is 0 Å². The van der Waals surface area contributed by atoms with Crippen molar-refractivity contribution in [1.29, 1.82) is 0 Å². The Hall–Kier alpha value is -2.59. The van der Waals surface area contributed by atoms with Gasteiger partial charge < -0.3 is 10.2 Å². The first-order valence-corrected chi connectivity index (χ1v) is 16.3. The highest BCUT2D eigenvalue weighted by Gasteiger charge is 2.34. The monoisotopic (exact) mass is 679 g/mol. The van der Waals surface area contributed by atoms with Crippen molar-refractivity contribution in [3.63, 3.8) is 0 Å². The molecular formula is C30H32BrCl2N3O4S. The summed E-state index contributed by atoms with van der Waals surface area (Å²) < 4.78 is 29.6. The molecule has 11 heteroatoms. The van der Waals surface area contributed by atoms with E-state index in [9.17, 15) is 18.0 Å². The number of rotatable bonds is 10. The van der Waals surface area contributed by atoms with Crippen LogP contribution in [0.4, 0.5) is 5.69 Å². The number of hydrogen-bond acceptors (Lipinski definition) is 4. The standard InChI is InChI=1S/C30H32BrCl2N3O4S/c1-20-10-16-25(17-11-20)41(39,40)36(24-14-12-22(31)13-15-24)19-29(37)35(18-26-27(32)8-5-9-28(26)33)21(2)30(38)34-23-6-3-4-7-23/h5,8-17,21,23H,3-4,6-7,18-19H2,1-2H3,(H,34,38)/t21-/m1/s1. The Balaban J connectivity index is 1.71. The summed E-state index contributed by atoms with van der Waals surface area (Å²) >= 11 is 16.3. The van der Waals surface area contributed by atoms with Gasteiger partial charge in [0.25, 0.3) is 10.0 Å². The maximum absolute atomic E-state index is 14.1. The molecule has 1 fully saturated rings. The molecule has 0 spiro atoms. The maximum Gasteiger partial charge on any atom is 0.264 e. The smallest absolute Gasteiger partial charge is 0.264 e. The summed E-state index contributed by atoms with van der Waals surface area (Å²) in [6.07, 6.45) is 3.84. The Morgan fingerprint density at radius 1 is 0.976 bits per heavy atom. The van der Waals surface area contributed by atoms with Gasteiger partial charge in [-0.1, -0.05) is 75.7 Å². The lowest BCUT2D eigenvalue weighted by molar-refractivity contribution is -0.139. The van der Waals surface area contributed by atoms with Crippen molar-refractivity contribution in [1.82, 2.24) is 10.2 Å². The van der Waals surface area contributed by atoms with E-state index < -0.39 is 28.5 Å². The number of sulfonamides is 1. The minimum Gasteiger partial charge on any atom is -0.352 e. The summed E-state index contributed by atoms with van der Waals surface area (Å²) in [7, 11) is -4.15. The second-order valence-electron chi connectivity index (χ2n) is 10.2. The van der Waals surface area contributed by atoms with E-state index in [0.717, 1.165) is 40.0 Å². The fourth-order valence-corrected chi connectivity index (χ4v) is 7.00. The molecule has 0 heterocycles. The Morgan fingerprint density at radius 3 is 2.15 bits per heavy atom. The van der Waals surface area contributed by atoms with Gasteiger partial charge in [0.05, 0.1) is 10.6 Å². The number of anilines is 1. The Bertz CT molecular complexity index is 1470. The molecule has 0 bridgehead atoms. The first kappa shape index (κ1) is 31.3. The topological polar surface area (TPSA) is 86.8 Å². The van der Waals surface area contributed by atoms with Crippen LogP contribution < -0.4 is 9.62 Å². The van der Waals surface area contributed by atoms with Crippen LogP contribution in [0.5, 0.6) is 0 Å². The largest absolute Gasteiger partial charge is 0.352 e. The highest BCUT2D eigenvalue weighted by Crippen LogP contribution is 2.29. The molecule has 1 aliphatic rings. The van der Waals surface area contributed by atoms with Crippen molar-refractivity contribution in [3.05, 3.63) is 92.4 Å². The van der Waals surface area contributed by atoms with E-state index in [0.29, 0.717) is 21.3 Å². The normalized spacial score (nSPS) is 14.5. The summed E-state index contributed by atoms with van der Waals surface area (Å²) in [5.41, 5.74) is 1.68. The molecule has 0 saturated heterocycles. The number of amides is 2. The lowest BCUT2D eigenvalue weighted by Gasteiger charge is -2.33. The zero-order valence-electron chi connectivity index (χ0n) is 22.8. The number of benzene rings is 3. The van der Waals surface area contributed by atoms with Gasteiger partial charge >= 0.3 is 0 Å². The second kappa shape index (κ2) is 13.6. The third kappa shape index (κ3) is 7.63. The average molecular weight is 681 g/mol. The Kier molecular flexibility index (Phi) is 10.4. The van der Waals surface area contributed by atoms with E-state index in [1.807, 2.05) is 6.92 Å². The molecule has 1 atom stereocenters. The summed E-state index contributed by atoms with van der Waals surface area (Å²) in [5, 5.41) is 3.73. The maximum atomic E-state index is 14.1. The van der Waals surface area contributed by atoms with Crippen LogP contribution in [0, 0.1) is 6.92 Å². The zero-order valence-corrected chi connectivity index (χ0v) is 26.7. The number of nitrogens with zero attached hydrogens (tertiary/aromatic N) is 2. The fourth-order valence-electron chi connectivity index (χ4n) is 4.80. The van der Waals surface area contributed by atoms with Crippen LogP contribution in [0.15, 0.2) is 76.1 Å². The highest BCUT2D eigenvalue weighted by molar-refractivity contribution is 9.10. The first-order chi connectivity index (χ1) is 19.5. The summed E-state index contributed by atoms with van der Waals surface area (Å²) in [5.74, 6) is -0.890. The Labute approximate surface area is 260 Å². The van der Waals surface area contributed by atoms with Crippen molar-refractivity contribution >= 4 is 66.7 Å². The van der Waals surface area contributed by atoms with E-state index in [-0.39, 0.29) is 23.4 Å². The SMILES string of the molecule is Cc1ccc(S(=O)(=O)N(CC(=O)N(Cc2c(Cl)cccc2Cl)[C@H](C)C(=O)NC2CCCC2)c2ccc(Br)cc2)cc1. The fraction of sp³-hybridized carbons (Fsp3) is 0.333. The average Bonchev–Trinajstić information content (AvgIpc) is 3.45. The predicted octanol–water partition coefficient (Wildman–Crippen LogP) is 6.74. The Morgan fingerprint density at radius 2 is 1.56 bits per heavy atom. The molecule has 7 nitrogen and oxygen atoms in total. The van der Waals surface area contributed by atoms with Crippen molar-refractivity contribution in [2.45, 2.75) is 63.1 Å². The van der Waals surface area contributed by atoms with Gasteiger partial charge in [-0.05, 0) is 75.2 Å². The van der Waals surface area contributed by atoms with Gasteiger partial charge in [0, 0.05) is 32.7 Å². The quantitative estimate of drug-likeness (QED) is 0.257. The molecule has 1 aliphatic carbocycles. The van der Waals surface area contributed by atoms with Crippen LogP contribution in [0.1, 0.15) is 43.7 Å². The third-order valence-electron chi connectivity index (χ3n) is 7.26. The molecule has 4 rings (SSSR count). The number of aryl methyl sites for hydroxylation is 1. The van der Waals surface area contributed by atoms with E-state index in [4.69, 9.17) is 23.2 Å². The van der Waals surface area contributed by atoms with Gasteiger partial charge in [-0.25, -0.2) is 8.42 Å². The van der Waals surface area contributed by atoms with Gasteiger partial charge in [0.15, 0.2) is 0 Å². The van der Waals surface area contributed by atoms with E-state index in [1.54, 1.807) is 61.5 Å². The van der Waals surface area contributed by atoms with E-state index >= 15 is 0 Å². The van der Waals surface area contributed by atoms with Crippen LogP contribution >= 0.6 is 39.1 Å². The molecule has 0 radical (unpaired) electrons.